The molecule has 0 radical (unpaired) electrons. The van der Waals surface area contributed by atoms with Crippen LogP contribution in [0.1, 0.15) is 110 Å². The molecule has 0 unspecified atom stereocenters. The maximum atomic E-state index is 13.1. The molecule has 0 spiro atoms. The number of ether oxygens (including phenoxy) is 5. The molecule has 9 rings (SSSR count). The molecule has 108 heavy (non-hydrogen) atoms. The molecule has 0 aromatic heterocycles. The van der Waals surface area contributed by atoms with Crippen molar-refractivity contribution in [3.8, 4) is 97.6 Å². The number of Topliss-reactive ketones (excluding diaryl/α,β-unsaturated/α-hetero) is 3. The number of rotatable bonds is 25. The van der Waals surface area contributed by atoms with Gasteiger partial charge < -0.3 is 23.7 Å². The van der Waals surface area contributed by atoms with Crippen molar-refractivity contribution in [2.24, 2.45) is 16.2 Å². The lowest BCUT2D eigenvalue weighted by Gasteiger charge is -2.17. The summed E-state index contributed by atoms with van der Waals surface area (Å²) in [6.07, 6.45) is -7.12. The number of sulfone groups is 3. The first-order valence-electron chi connectivity index (χ1n) is 32.9. The summed E-state index contributed by atoms with van der Waals surface area (Å²) >= 11 is 0. The topological polar surface area (TPSA) is 271 Å². The molecule has 0 fully saturated rings. The van der Waals surface area contributed by atoms with Gasteiger partial charge in [0.05, 0.1) is 34.9 Å². The predicted octanol–water partition coefficient (Wildman–Crippen LogP) is 19.8. The van der Waals surface area contributed by atoms with Gasteiger partial charge in [0.1, 0.15) is 95.3 Å². The third kappa shape index (κ3) is 26.1. The first kappa shape index (κ1) is 84.1. The van der Waals surface area contributed by atoms with Crippen molar-refractivity contribution in [1.82, 2.24) is 0 Å². The van der Waals surface area contributed by atoms with E-state index in [1.54, 1.807) is 97.1 Å². The van der Waals surface area contributed by atoms with E-state index in [4.69, 9.17) is 14.2 Å². The lowest BCUT2D eigenvalue weighted by atomic mass is 9.90. The van der Waals surface area contributed by atoms with Gasteiger partial charge in [0.25, 0.3) is 6.43 Å². The molecule has 0 saturated heterocycles. The monoisotopic (exact) mass is 1540 g/mol. The Morgan fingerprint density at radius 3 is 0.917 bits per heavy atom. The van der Waals surface area contributed by atoms with Crippen LogP contribution in [-0.4, -0.2) is 72.8 Å². The summed E-state index contributed by atoms with van der Waals surface area (Å²) in [4.78, 5) is 36.5. The SMILES string of the molecule is CC(C)(C)CC(=O)CS(=O)(=O)c1cc(C#N)ccc1Oc1cccc(-c2ccc(C(F)F)cc2)c1.CC(C)(C)CC(=O)CS(=O)(=O)c1cc(C#N)ccc1Oc1cccc(-c2ccc(OC(F)(F)F)cc2)c1.CC(C)(C)CC(=O)CS(=O)(=O)c1cc(C#N)ccc1Oc1cccc(-c2ccc(OC(F)F)cc2)c1. The van der Waals surface area contributed by atoms with E-state index in [2.05, 4.69) is 9.47 Å². The molecule has 0 aliphatic carbocycles. The van der Waals surface area contributed by atoms with Crippen molar-refractivity contribution in [2.75, 3.05) is 17.3 Å². The quantitative estimate of drug-likeness (QED) is 0.0481. The maximum Gasteiger partial charge on any atom is 0.573 e. The maximum absolute atomic E-state index is 13.1. The number of hydrogen-bond donors (Lipinski definition) is 0. The summed E-state index contributed by atoms with van der Waals surface area (Å²) in [7, 11) is -12.3. The number of nitrogens with zero attached hydrogens (tertiary/aromatic N) is 3. The summed E-state index contributed by atoms with van der Waals surface area (Å²) in [5, 5.41) is 27.8. The molecule has 0 amide bonds. The van der Waals surface area contributed by atoms with Crippen LogP contribution >= 0.6 is 0 Å². The van der Waals surface area contributed by atoms with Gasteiger partial charge in [-0.3, -0.25) is 14.4 Å². The number of carbonyl (C=O) groups excluding carboxylic acids is 3. The van der Waals surface area contributed by atoms with Gasteiger partial charge in [-0.2, -0.15) is 24.6 Å². The Hall–Kier alpha value is -11.2. The highest BCUT2D eigenvalue weighted by Gasteiger charge is 2.33. The fraction of sp³-hybridized carbons (Fsp3) is 0.259. The number of ketones is 3. The van der Waals surface area contributed by atoms with Crippen LogP contribution in [0.3, 0.4) is 0 Å². The van der Waals surface area contributed by atoms with Crippen LogP contribution in [0, 0.1) is 50.2 Å². The molecule has 564 valence electrons. The van der Waals surface area contributed by atoms with Crippen LogP contribution < -0.4 is 23.7 Å². The third-order valence-electron chi connectivity index (χ3n) is 15.0. The summed E-state index contributed by atoms with van der Waals surface area (Å²) in [6.45, 7) is 13.6. The normalized spacial score (nSPS) is 11.8. The third-order valence-corrected chi connectivity index (χ3v) is 20.0. The second kappa shape index (κ2) is 35.5. The summed E-state index contributed by atoms with van der Waals surface area (Å²) < 4.78 is 192. The molecular formula is C81H74F7N3O14S3. The number of hydrogen-bond acceptors (Lipinski definition) is 17. The zero-order valence-corrected chi connectivity index (χ0v) is 62.3. The van der Waals surface area contributed by atoms with Crippen LogP contribution in [0.5, 0.6) is 46.0 Å². The molecule has 0 heterocycles. The number of nitriles is 3. The zero-order chi connectivity index (χ0) is 79.7. The van der Waals surface area contributed by atoms with Gasteiger partial charge in [-0.1, -0.05) is 147 Å². The minimum Gasteiger partial charge on any atom is -0.456 e. The van der Waals surface area contributed by atoms with Crippen molar-refractivity contribution in [3.05, 3.63) is 222 Å². The van der Waals surface area contributed by atoms with Crippen LogP contribution in [0.2, 0.25) is 0 Å². The molecule has 0 aliphatic rings. The van der Waals surface area contributed by atoms with Gasteiger partial charge in [0.15, 0.2) is 29.5 Å². The van der Waals surface area contributed by atoms with Crippen molar-refractivity contribution < 1.29 is 94.1 Å². The first-order chi connectivity index (χ1) is 50.4. The minimum atomic E-state index is -4.80. The smallest absolute Gasteiger partial charge is 0.456 e. The molecule has 0 saturated carbocycles. The standard InChI is InChI=1S/C27H24F3NO5S.C27H25F2NO5S.C27H25F2NO4S/c1-26(2,3)15-21(32)17-37(33,34)25-13-18(16-31)7-12-24(25)35-23-6-4-5-20(14-23)19-8-10-22(11-9-19)36-27(28,29)30;1-27(2,3)15-21(31)17-36(32,33)25-13-18(16-30)7-12-24(25)34-23-6-4-5-20(14-23)19-8-10-22(11-9-19)35-26(28)29;1-27(2,3)15-22(31)17-35(32,33)25-13-18(16-30)7-12-24(25)34-23-6-4-5-21(14-23)19-8-10-20(11-9-19)26(28)29/h4-14H,15,17H2,1-3H3;4-14,26H,15,17H2,1-3H3;4-14,26H,15,17H2,1-3H3. The Morgan fingerprint density at radius 2 is 0.657 bits per heavy atom. The van der Waals surface area contributed by atoms with E-state index >= 15 is 0 Å². The fourth-order valence-corrected chi connectivity index (χ4v) is 14.8. The highest BCUT2D eigenvalue weighted by atomic mass is 32.2. The van der Waals surface area contributed by atoms with Crippen molar-refractivity contribution in [2.45, 2.75) is 116 Å². The number of halogens is 7. The molecule has 17 nitrogen and oxygen atoms in total. The van der Waals surface area contributed by atoms with E-state index in [-0.39, 0.29) is 102 Å². The number of carbonyl (C=O) groups is 3. The Balaban J connectivity index is 0.000000226. The Kier molecular flexibility index (Phi) is 27.6. The highest BCUT2D eigenvalue weighted by molar-refractivity contribution is 7.92. The van der Waals surface area contributed by atoms with Crippen molar-refractivity contribution >= 4 is 46.9 Å². The highest BCUT2D eigenvalue weighted by Crippen LogP contribution is 2.39. The summed E-state index contributed by atoms with van der Waals surface area (Å²) in [5.41, 5.74) is 3.01. The average Bonchev–Trinajstić information content (AvgIpc) is 0.802. The molecular weight excluding hydrogens is 1470 g/mol. The number of alkyl halides is 7. The van der Waals surface area contributed by atoms with Gasteiger partial charge in [0, 0.05) is 24.8 Å². The van der Waals surface area contributed by atoms with Gasteiger partial charge in [0.2, 0.25) is 0 Å². The average molecular weight is 1540 g/mol. The molecule has 9 aromatic carbocycles. The number of benzene rings is 9. The molecule has 0 aliphatic heterocycles. The van der Waals surface area contributed by atoms with Crippen LogP contribution in [0.15, 0.2) is 215 Å². The van der Waals surface area contributed by atoms with Crippen LogP contribution in [-0.2, 0) is 43.9 Å². The van der Waals surface area contributed by atoms with Gasteiger partial charge in [-0.25, -0.2) is 34.0 Å². The van der Waals surface area contributed by atoms with Gasteiger partial charge in [-0.15, -0.1) is 13.2 Å². The molecule has 27 heteroatoms. The molecule has 9 aromatic rings. The van der Waals surface area contributed by atoms with Gasteiger partial charge >= 0.3 is 13.0 Å². The van der Waals surface area contributed by atoms with Crippen LogP contribution in [0.4, 0.5) is 30.7 Å². The summed E-state index contributed by atoms with van der Waals surface area (Å²) in [5.74, 6) is -3.04. The molecule has 0 atom stereocenters. The van der Waals surface area contributed by atoms with E-state index in [1.165, 1.54) is 97.1 Å². The molecule has 0 bridgehead atoms. The predicted molar refractivity (Wildman–Crippen MR) is 391 cm³/mol. The van der Waals surface area contributed by atoms with Crippen molar-refractivity contribution in [1.29, 1.82) is 15.8 Å². The Morgan fingerprint density at radius 1 is 0.370 bits per heavy atom. The fourth-order valence-electron chi connectivity index (χ4n) is 10.6. The van der Waals surface area contributed by atoms with Gasteiger partial charge in [-0.05, 0) is 165 Å². The summed E-state index contributed by atoms with van der Waals surface area (Å²) in [6, 6.07) is 54.7. The van der Waals surface area contributed by atoms with E-state index in [0.29, 0.717) is 44.9 Å². The minimum absolute atomic E-state index is 0.0160. The molecule has 0 N–H and O–H groups in total. The van der Waals surface area contributed by atoms with E-state index in [1.807, 2.05) is 80.5 Å². The van der Waals surface area contributed by atoms with Crippen molar-refractivity contribution in [3.63, 3.8) is 0 Å². The zero-order valence-electron chi connectivity index (χ0n) is 59.9. The van der Waals surface area contributed by atoms with E-state index in [9.17, 15) is 86.2 Å². The van der Waals surface area contributed by atoms with E-state index in [0.717, 1.165) is 6.07 Å². The Labute approximate surface area is 622 Å². The lowest BCUT2D eigenvalue weighted by molar-refractivity contribution is -0.274. The Bertz CT molecular complexity index is 5230. The van der Waals surface area contributed by atoms with E-state index < -0.39 is 88.9 Å². The second-order valence-electron chi connectivity index (χ2n) is 28.2. The second-order valence-corrected chi connectivity index (χ2v) is 34.1. The largest absolute Gasteiger partial charge is 0.573 e. The van der Waals surface area contributed by atoms with Crippen LogP contribution in [0.25, 0.3) is 33.4 Å². The first-order valence-corrected chi connectivity index (χ1v) is 37.8. The lowest BCUT2D eigenvalue weighted by Crippen LogP contribution is -2.21.